The van der Waals surface area contributed by atoms with Gasteiger partial charge < -0.3 is 0 Å². The Morgan fingerprint density at radius 3 is 2.17 bits per heavy atom. The van der Waals surface area contributed by atoms with Gasteiger partial charge in [-0.1, -0.05) is 11.8 Å². The molecule has 3 heteroatoms. The van der Waals surface area contributed by atoms with Gasteiger partial charge in [0.05, 0.1) is 0 Å². The molecule has 0 aromatic carbocycles. The maximum atomic E-state index is 7.95. The zero-order chi connectivity index (χ0) is 4.99. The normalized spacial score (nSPS) is 9.17. The molecule has 0 saturated carbocycles. The fraction of sp³-hybridized carbons (Fsp3) is 0.333. The van der Waals surface area contributed by atoms with Gasteiger partial charge in [-0.2, -0.15) is 10.4 Å². The van der Waals surface area contributed by atoms with E-state index in [-0.39, 0.29) is 6.54 Å². The third kappa shape index (κ3) is 3.62. The molecule has 3 N–H and O–H groups in total. The van der Waals surface area contributed by atoms with Crippen LogP contribution in [0.2, 0.25) is 0 Å². The lowest BCUT2D eigenvalue weighted by molar-refractivity contribution is -1.24. The van der Waals surface area contributed by atoms with Crippen LogP contribution in [-0.2, 0) is 0 Å². The lowest BCUT2D eigenvalue weighted by Crippen LogP contribution is -3.06. The van der Waals surface area contributed by atoms with Gasteiger partial charge in [0.15, 0.2) is 6.54 Å². The SMILES string of the molecule is C=C[14CH2][NH+](O)O. The van der Waals surface area contributed by atoms with E-state index in [0.29, 0.717) is 0 Å². The standard InChI is InChI=1S/C3H7NO2/c1-2-3-4(5)6/h2,5-6H,1,3H2/p+1/i3+2. The fourth-order valence-corrected chi connectivity index (χ4v) is 0.129. The summed E-state index contributed by atoms with van der Waals surface area (Å²) in [5.74, 6) is 0. The molecule has 0 aromatic rings. The van der Waals surface area contributed by atoms with E-state index >= 15 is 0 Å². The van der Waals surface area contributed by atoms with Gasteiger partial charge in [0, 0.05) is 0 Å². The summed E-state index contributed by atoms with van der Waals surface area (Å²) >= 11 is 0. The van der Waals surface area contributed by atoms with Crippen molar-refractivity contribution in [1.82, 2.24) is 0 Å². The minimum absolute atomic E-state index is 0.167. The summed E-state index contributed by atoms with van der Waals surface area (Å²) in [5, 5.41) is 15.3. The van der Waals surface area contributed by atoms with Crippen molar-refractivity contribution in [2.45, 2.75) is 0 Å². The first-order valence-electron chi connectivity index (χ1n) is 1.62. The highest BCUT2D eigenvalue weighted by Gasteiger charge is 1.85. The molecule has 3 nitrogen and oxygen atoms in total. The summed E-state index contributed by atoms with van der Waals surface area (Å²) in [5.41, 5.74) is 0. The first-order chi connectivity index (χ1) is 2.77. The molecule has 6 heavy (non-hydrogen) atoms. The van der Waals surface area contributed by atoms with Crippen LogP contribution in [0.3, 0.4) is 0 Å². The zero-order valence-corrected chi connectivity index (χ0v) is 3.39. The molecule has 0 bridgehead atoms. The van der Waals surface area contributed by atoms with E-state index in [1.54, 1.807) is 0 Å². The zero-order valence-electron chi connectivity index (χ0n) is 3.39. The first-order valence-corrected chi connectivity index (χ1v) is 1.62. The number of hydroxylamine groups is 2. The highest BCUT2D eigenvalue weighted by atomic mass is 16.8. The molecular weight excluding hydrogens is 84.0 g/mol. The molecule has 0 aliphatic carbocycles. The van der Waals surface area contributed by atoms with Crippen molar-refractivity contribution in [3.8, 4) is 0 Å². The summed E-state index contributed by atoms with van der Waals surface area (Å²) < 4.78 is 0. The monoisotopic (exact) mass is 92.1 g/mol. The molecule has 0 heterocycles. The Morgan fingerprint density at radius 1 is 1.67 bits per heavy atom. The maximum absolute atomic E-state index is 7.95. The van der Waals surface area contributed by atoms with Crippen molar-refractivity contribution in [2.24, 2.45) is 0 Å². The Labute approximate surface area is 36.0 Å². The van der Waals surface area contributed by atoms with Crippen LogP contribution < -0.4 is 5.23 Å². The quantitative estimate of drug-likeness (QED) is 0.297. The molecule has 0 atom stereocenters. The minimum Gasteiger partial charge on any atom is -0.184 e. The molecule has 0 fully saturated rings. The van der Waals surface area contributed by atoms with Crippen LogP contribution in [0, 0.1) is 0 Å². The molecule has 36 valence electrons. The summed E-state index contributed by atoms with van der Waals surface area (Å²) in [7, 11) is 0. The number of rotatable bonds is 2. The average Bonchev–Trinajstić information content (AvgIpc) is 1.35. The lowest BCUT2D eigenvalue weighted by atomic mass is 11.1. The van der Waals surface area contributed by atoms with Gasteiger partial charge >= 0.3 is 0 Å². The van der Waals surface area contributed by atoms with Crippen LogP contribution >= 0.6 is 0 Å². The minimum atomic E-state index is -0.579. The van der Waals surface area contributed by atoms with E-state index in [1.165, 1.54) is 6.08 Å². The van der Waals surface area contributed by atoms with Gasteiger partial charge in [0.2, 0.25) is 0 Å². The Bertz CT molecular complexity index is 44.1. The third-order valence-corrected chi connectivity index (χ3v) is 0.327. The summed E-state index contributed by atoms with van der Waals surface area (Å²) in [6.07, 6.45) is 1.41. The molecule has 0 aromatic heterocycles. The predicted octanol–water partition coefficient (Wildman–Crippen LogP) is -1.16. The molecule has 0 aliphatic rings. The number of nitrogens with one attached hydrogen (secondary N) is 1. The molecule has 0 saturated heterocycles. The second kappa shape index (κ2) is 2.84. The smallest absolute Gasteiger partial charge is 0.158 e. The van der Waals surface area contributed by atoms with Crippen LogP contribution in [0.1, 0.15) is 0 Å². The number of quaternary nitrogens is 1. The van der Waals surface area contributed by atoms with Crippen LogP contribution in [0.25, 0.3) is 0 Å². The summed E-state index contributed by atoms with van der Waals surface area (Å²) in [4.78, 5) is 0. The van der Waals surface area contributed by atoms with Crippen molar-refractivity contribution < 1.29 is 15.6 Å². The summed E-state index contributed by atoms with van der Waals surface area (Å²) in [6, 6.07) is 0. The Kier molecular flexibility index (Phi) is 2.66. The van der Waals surface area contributed by atoms with E-state index in [2.05, 4.69) is 6.58 Å². The molecule has 0 unspecified atom stereocenters. The van der Waals surface area contributed by atoms with Gasteiger partial charge in [-0.25, -0.2) is 0 Å². The van der Waals surface area contributed by atoms with Crippen molar-refractivity contribution in [2.75, 3.05) is 6.54 Å². The van der Waals surface area contributed by atoms with Gasteiger partial charge in [0.1, 0.15) is 0 Å². The van der Waals surface area contributed by atoms with Crippen molar-refractivity contribution in [3.63, 3.8) is 0 Å². The van der Waals surface area contributed by atoms with Gasteiger partial charge in [-0.05, 0) is 6.08 Å². The Balaban J connectivity index is 2.81. The van der Waals surface area contributed by atoms with E-state index in [0.717, 1.165) is 0 Å². The van der Waals surface area contributed by atoms with Gasteiger partial charge in [-0.15, -0.1) is 0 Å². The Hall–Kier alpha value is -0.380. The maximum Gasteiger partial charge on any atom is 0.158 e. The molecule has 0 spiro atoms. The topological polar surface area (TPSA) is 44.9 Å². The van der Waals surface area contributed by atoms with E-state index in [4.69, 9.17) is 10.4 Å². The van der Waals surface area contributed by atoms with Crippen LogP contribution in [0.5, 0.6) is 0 Å². The molecule has 0 amide bonds. The van der Waals surface area contributed by atoms with Crippen LogP contribution in [-0.4, -0.2) is 17.0 Å². The number of hydrogen-bond donors (Lipinski definition) is 3. The molecule has 0 aliphatic heterocycles. The van der Waals surface area contributed by atoms with Crippen molar-refractivity contribution in [1.29, 1.82) is 0 Å². The van der Waals surface area contributed by atoms with Gasteiger partial charge in [0.25, 0.3) is 0 Å². The van der Waals surface area contributed by atoms with Crippen LogP contribution in [0.4, 0.5) is 0 Å². The van der Waals surface area contributed by atoms with Crippen molar-refractivity contribution in [3.05, 3.63) is 12.7 Å². The molecular formula is C3H8NO2+. The molecule has 0 rings (SSSR count). The lowest BCUT2D eigenvalue weighted by Gasteiger charge is -1.91. The molecule has 0 radical (unpaired) electrons. The number of hydrogen-bond acceptors (Lipinski definition) is 2. The highest BCUT2D eigenvalue weighted by molar-refractivity contribution is 4.60. The van der Waals surface area contributed by atoms with E-state index in [1.807, 2.05) is 0 Å². The van der Waals surface area contributed by atoms with E-state index < -0.39 is 5.23 Å². The van der Waals surface area contributed by atoms with Gasteiger partial charge in [-0.3, -0.25) is 0 Å². The Morgan fingerprint density at radius 2 is 2.17 bits per heavy atom. The summed E-state index contributed by atoms with van der Waals surface area (Å²) in [6.45, 7) is 3.43. The second-order valence-corrected chi connectivity index (χ2v) is 0.909. The third-order valence-electron chi connectivity index (χ3n) is 0.327. The fourth-order valence-electron chi connectivity index (χ4n) is 0.129. The van der Waals surface area contributed by atoms with Crippen LogP contribution in [0.15, 0.2) is 12.7 Å². The highest BCUT2D eigenvalue weighted by Crippen LogP contribution is 1.42. The first kappa shape index (κ1) is 5.62. The predicted molar refractivity (Wildman–Crippen MR) is 19.6 cm³/mol. The van der Waals surface area contributed by atoms with E-state index in [9.17, 15) is 0 Å². The average molecular weight is 92.1 g/mol. The second-order valence-electron chi connectivity index (χ2n) is 0.909. The van der Waals surface area contributed by atoms with Crippen molar-refractivity contribution >= 4 is 0 Å². The largest absolute Gasteiger partial charge is 0.184 e.